The van der Waals surface area contributed by atoms with Crippen LogP contribution in [0, 0.1) is 5.92 Å². The van der Waals surface area contributed by atoms with Crippen LogP contribution in [0.4, 0.5) is 11.1 Å². The minimum atomic E-state index is -0.480. The predicted molar refractivity (Wildman–Crippen MR) is 97.2 cm³/mol. The average Bonchev–Trinajstić information content (AvgIpc) is 3.08. The van der Waals surface area contributed by atoms with Crippen LogP contribution >= 0.6 is 23.1 Å². The fourth-order valence-electron chi connectivity index (χ4n) is 2.22. The largest absolute Gasteiger partial charge is 0.368 e. The number of rotatable bonds is 8. The van der Waals surface area contributed by atoms with E-state index >= 15 is 0 Å². The molecule has 2 rings (SSSR count). The molecule has 2 heterocycles. The van der Waals surface area contributed by atoms with E-state index < -0.39 is 6.04 Å². The van der Waals surface area contributed by atoms with Crippen LogP contribution < -0.4 is 11.1 Å². The second kappa shape index (κ2) is 8.43. The van der Waals surface area contributed by atoms with E-state index in [1.165, 1.54) is 23.1 Å². The van der Waals surface area contributed by atoms with Gasteiger partial charge < -0.3 is 5.73 Å². The van der Waals surface area contributed by atoms with Crippen molar-refractivity contribution in [3.05, 3.63) is 5.01 Å². The highest BCUT2D eigenvalue weighted by Crippen LogP contribution is 2.26. The van der Waals surface area contributed by atoms with Gasteiger partial charge in [-0.25, -0.2) is 0 Å². The third kappa shape index (κ3) is 4.44. The quantitative estimate of drug-likeness (QED) is 0.688. The van der Waals surface area contributed by atoms with Crippen molar-refractivity contribution in [3.8, 4) is 0 Å². The Bertz CT molecular complexity index is 682. The van der Waals surface area contributed by atoms with Crippen LogP contribution in [0.1, 0.15) is 45.2 Å². The molecule has 0 aliphatic heterocycles. The zero-order chi connectivity index (χ0) is 17.7. The highest BCUT2D eigenvalue weighted by molar-refractivity contribution is 7.99. The van der Waals surface area contributed by atoms with Gasteiger partial charge in [-0.2, -0.15) is 0 Å². The number of nitrogens with one attached hydrogen (secondary N) is 1. The normalized spacial score (nSPS) is 12.5. The van der Waals surface area contributed by atoms with Gasteiger partial charge in [0.1, 0.15) is 11.0 Å². The third-order valence-corrected chi connectivity index (χ3v) is 4.93. The zero-order valence-corrected chi connectivity index (χ0v) is 15.9. The maximum atomic E-state index is 12.7. The molecule has 8 nitrogen and oxygen atoms in total. The molecule has 0 saturated carbocycles. The number of thioether (sulfide) groups is 1. The zero-order valence-electron chi connectivity index (χ0n) is 14.3. The topological polar surface area (TPSA) is 112 Å². The summed E-state index contributed by atoms with van der Waals surface area (Å²) in [6.07, 6.45) is 1.42. The lowest BCUT2D eigenvalue weighted by Gasteiger charge is -2.17. The summed E-state index contributed by atoms with van der Waals surface area (Å²) in [5, 5.41) is 21.0. The molecule has 2 aromatic heterocycles. The van der Waals surface area contributed by atoms with Gasteiger partial charge in [0.15, 0.2) is 5.16 Å². The Morgan fingerprint density at radius 3 is 2.67 bits per heavy atom. The van der Waals surface area contributed by atoms with Crippen molar-refractivity contribution in [1.29, 1.82) is 0 Å². The predicted octanol–water partition coefficient (Wildman–Crippen LogP) is 2.61. The molecular weight excluding hydrogens is 346 g/mol. The van der Waals surface area contributed by atoms with E-state index in [9.17, 15) is 4.79 Å². The lowest BCUT2D eigenvalue weighted by atomic mass is 10.1. The van der Waals surface area contributed by atoms with E-state index in [4.69, 9.17) is 5.73 Å². The van der Waals surface area contributed by atoms with Crippen molar-refractivity contribution < 1.29 is 4.79 Å². The van der Waals surface area contributed by atoms with Gasteiger partial charge in [0.25, 0.3) is 0 Å². The Hall–Kier alpha value is -1.68. The Morgan fingerprint density at radius 2 is 2.04 bits per heavy atom. The number of amides is 1. The molecule has 2 aromatic rings. The van der Waals surface area contributed by atoms with E-state index in [2.05, 4.69) is 39.6 Å². The Kier molecular flexibility index (Phi) is 6.55. The van der Waals surface area contributed by atoms with Gasteiger partial charge in [0.2, 0.25) is 17.0 Å². The molecule has 132 valence electrons. The van der Waals surface area contributed by atoms with Crippen molar-refractivity contribution in [3.63, 3.8) is 0 Å². The summed E-state index contributed by atoms with van der Waals surface area (Å²) >= 11 is 2.91. The van der Waals surface area contributed by atoms with Gasteiger partial charge in [-0.05, 0) is 18.1 Å². The molecule has 0 spiro atoms. The summed E-state index contributed by atoms with van der Waals surface area (Å²) in [6, 6.07) is -0.480. The molecule has 1 unspecified atom stereocenters. The highest BCUT2D eigenvalue weighted by atomic mass is 32.2. The summed E-state index contributed by atoms with van der Waals surface area (Å²) in [6.45, 7) is 8.18. The fourth-order valence-corrected chi connectivity index (χ4v) is 3.89. The Balaban J connectivity index is 2.14. The van der Waals surface area contributed by atoms with Crippen molar-refractivity contribution in [2.45, 2.75) is 51.7 Å². The van der Waals surface area contributed by atoms with Crippen LogP contribution in [0.3, 0.4) is 0 Å². The molecule has 1 amide bonds. The molecule has 0 aliphatic rings. The number of nitrogen functional groups attached to an aromatic ring is 1. The van der Waals surface area contributed by atoms with E-state index in [-0.39, 0.29) is 11.9 Å². The number of aromatic nitrogens is 5. The number of nitrogens with zero attached hydrogens (tertiary/aromatic N) is 5. The minimum absolute atomic E-state index is 0.186. The van der Waals surface area contributed by atoms with Gasteiger partial charge in [-0.15, -0.1) is 20.4 Å². The van der Waals surface area contributed by atoms with Crippen LogP contribution in [-0.4, -0.2) is 36.6 Å². The van der Waals surface area contributed by atoms with Crippen LogP contribution in [0.2, 0.25) is 0 Å². The molecule has 24 heavy (non-hydrogen) atoms. The highest BCUT2D eigenvalue weighted by Gasteiger charge is 2.25. The smallest absolute Gasteiger partial charge is 0.249 e. The van der Waals surface area contributed by atoms with Gasteiger partial charge >= 0.3 is 0 Å². The lowest BCUT2D eigenvalue weighted by molar-refractivity contribution is -0.119. The SMILES string of the molecule is CCSc1nnc(N)n1C(CC)C(=O)Nc1nnc(CC(C)C)s1. The minimum Gasteiger partial charge on any atom is -0.368 e. The van der Waals surface area contributed by atoms with E-state index in [1.54, 1.807) is 4.57 Å². The van der Waals surface area contributed by atoms with Gasteiger partial charge in [-0.3, -0.25) is 14.7 Å². The molecule has 0 aliphatic carbocycles. The van der Waals surface area contributed by atoms with Gasteiger partial charge in [-0.1, -0.05) is 50.8 Å². The van der Waals surface area contributed by atoms with Crippen molar-refractivity contribution in [2.24, 2.45) is 5.92 Å². The van der Waals surface area contributed by atoms with Crippen LogP contribution in [0.5, 0.6) is 0 Å². The molecule has 0 fully saturated rings. The summed E-state index contributed by atoms with van der Waals surface area (Å²) in [7, 11) is 0. The van der Waals surface area contributed by atoms with E-state index in [0.29, 0.717) is 22.6 Å². The Morgan fingerprint density at radius 1 is 1.29 bits per heavy atom. The van der Waals surface area contributed by atoms with E-state index in [1.807, 2.05) is 13.8 Å². The van der Waals surface area contributed by atoms with Gasteiger partial charge in [0.05, 0.1) is 0 Å². The van der Waals surface area contributed by atoms with Crippen molar-refractivity contribution in [1.82, 2.24) is 25.0 Å². The van der Waals surface area contributed by atoms with Crippen LogP contribution in [0.25, 0.3) is 0 Å². The first kappa shape index (κ1) is 18.7. The number of anilines is 2. The second-order valence-electron chi connectivity index (χ2n) is 5.66. The molecule has 0 bridgehead atoms. The molecule has 0 aromatic carbocycles. The Labute approximate surface area is 149 Å². The molecule has 0 saturated heterocycles. The van der Waals surface area contributed by atoms with E-state index in [0.717, 1.165) is 17.2 Å². The lowest BCUT2D eigenvalue weighted by Crippen LogP contribution is -2.27. The number of nitrogens with two attached hydrogens (primary N) is 1. The first-order valence-electron chi connectivity index (χ1n) is 7.92. The molecular formula is C14H23N7OS2. The summed E-state index contributed by atoms with van der Waals surface area (Å²) in [5.74, 6) is 1.38. The fraction of sp³-hybridized carbons (Fsp3) is 0.643. The monoisotopic (exact) mass is 369 g/mol. The molecule has 3 N–H and O–H groups in total. The standard InChI is InChI=1S/C14H23N7OS2/c1-5-9(21-12(15)18-20-14(21)23-6-2)11(22)16-13-19-17-10(24-13)7-8(3)4/h8-9H,5-7H2,1-4H3,(H2,15,18)(H,16,19,22). The average molecular weight is 370 g/mol. The number of hydrogen-bond acceptors (Lipinski definition) is 8. The third-order valence-electron chi connectivity index (χ3n) is 3.25. The van der Waals surface area contributed by atoms with Crippen molar-refractivity contribution >= 4 is 40.1 Å². The van der Waals surface area contributed by atoms with Crippen LogP contribution in [0.15, 0.2) is 5.16 Å². The first-order chi connectivity index (χ1) is 11.5. The maximum absolute atomic E-state index is 12.7. The molecule has 10 heteroatoms. The summed E-state index contributed by atoms with van der Waals surface area (Å²) in [5.41, 5.74) is 5.91. The van der Waals surface area contributed by atoms with Gasteiger partial charge in [0, 0.05) is 6.42 Å². The number of carbonyl (C=O) groups is 1. The summed E-state index contributed by atoms with van der Waals surface area (Å²) < 4.78 is 1.68. The molecule has 0 radical (unpaired) electrons. The first-order valence-corrected chi connectivity index (χ1v) is 9.72. The summed E-state index contributed by atoms with van der Waals surface area (Å²) in [4.78, 5) is 12.7. The number of carbonyl (C=O) groups excluding carboxylic acids is 1. The van der Waals surface area contributed by atoms with Crippen molar-refractivity contribution in [2.75, 3.05) is 16.8 Å². The van der Waals surface area contributed by atoms with Crippen LogP contribution in [-0.2, 0) is 11.2 Å². The maximum Gasteiger partial charge on any atom is 0.249 e. The second-order valence-corrected chi connectivity index (χ2v) is 7.95. The number of hydrogen-bond donors (Lipinski definition) is 2. The molecule has 1 atom stereocenters.